The first-order chi connectivity index (χ1) is 18.8. The number of amides is 1. The molecule has 15 nitrogen and oxygen atoms in total. The van der Waals surface area contributed by atoms with Gasteiger partial charge in [0.05, 0.1) is 17.2 Å². The molecule has 1 aromatic carbocycles. The molecule has 1 saturated carbocycles. The van der Waals surface area contributed by atoms with Crippen LogP contribution >= 0.6 is 0 Å². The van der Waals surface area contributed by atoms with E-state index in [0.29, 0.717) is 0 Å². The molecule has 1 amide bonds. The van der Waals surface area contributed by atoms with E-state index in [0.717, 1.165) is 0 Å². The number of aliphatic imine (C=N–C) groups is 1. The number of nitrogens with zero attached hydrogens (tertiary/aromatic N) is 3. The van der Waals surface area contributed by atoms with E-state index in [2.05, 4.69) is 4.99 Å². The zero-order valence-electron chi connectivity index (χ0n) is 23.2. The molecule has 222 valence electrons. The van der Waals surface area contributed by atoms with Crippen molar-refractivity contribution in [2.45, 2.75) is 30.6 Å². The topological polar surface area (TPSA) is 273 Å². The van der Waals surface area contributed by atoms with Crippen LogP contribution in [0.3, 0.4) is 0 Å². The number of hydrogen-bond donors (Lipinski definition) is 9. The lowest BCUT2D eigenvalue weighted by Crippen LogP contribution is -2.67. The summed E-state index contributed by atoms with van der Waals surface area (Å²) in [4.78, 5) is 45.0. The third-order valence-electron chi connectivity index (χ3n) is 7.71. The average molecular weight is 574 g/mol. The van der Waals surface area contributed by atoms with Gasteiger partial charge in [0.1, 0.15) is 22.8 Å². The van der Waals surface area contributed by atoms with Crippen molar-refractivity contribution in [3.05, 3.63) is 46.2 Å². The number of Topliss-reactive ketones (excluding diaryl/α,β-unsaturated/α-hetero) is 2. The Labute approximate surface area is 235 Å². The van der Waals surface area contributed by atoms with Crippen molar-refractivity contribution in [2.24, 2.45) is 34.0 Å². The van der Waals surface area contributed by atoms with Gasteiger partial charge in [-0.05, 0) is 39.1 Å². The van der Waals surface area contributed by atoms with Gasteiger partial charge in [-0.15, -0.1) is 0 Å². The van der Waals surface area contributed by atoms with Gasteiger partial charge in [-0.25, -0.2) is 0 Å². The Balaban J connectivity index is 0.000000445. The molecule has 0 heterocycles. The van der Waals surface area contributed by atoms with Gasteiger partial charge in [-0.3, -0.25) is 24.7 Å². The number of nitrogens with two attached hydrogens (primary N) is 3. The normalized spacial score (nSPS) is 29.3. The molecule has 0 bridgehead atoms. The van der Waals surface area contributed by atoms with Crippen molar-refractivity contribution < 1.29 is 39.9 Å². The van der Waals surface area contributed by atoms with Crippen molar-refractivity contribution in [3.63, 3.8) is 0 Å². The Hall–Kier alpha value is -4.47. The number of benzene rings is 1. The number of nitrogens with one attached hydrogen (secondary N) is 1. The van der Waals surface area contributed by atoms with Crippen LogP contribution in [0.15, 0.2) is 40.1 Å². The number of primary amides is 1. The number of likely N-dealkylation sites (N-methyl/N-ethyl adjacent to an activating group) is 1. The Morgan fingerprint density at radius 2 is 1.66 bits per heavy atom. The van der Waals surface area contributed by atoms with Gasteiger partial charge in [0.15, 0.2) is 17.3 Å². The lowest BCUT2D eigenvalue weighted by molar-refractivity contribution is -0.159. The maximum absolute atomic E-state index is 13.7. The molecule has 3 aliphatic carbocycles. The van der Waals surface area contributed by atoms with E-state index < -0.39 is 75.0 Å². The van der Waals surface area contributed by atoms with Gasteiger partial charge in [0.25, 0.3) is 5.91 Å². The summed E-state index contributed by atoms with van der Waals surface area (Å²) in [6, 6.07) is 3.02. The summed E-state index contributed by atoms with van der Waals surface area (Å²) in [6.45, 7) is 1.40. The Bertz CT molecular complexity index is 1430. The summed E-state index contributed by atoms with van der Waals surface area (Å²) in [5.74, 6) is -7.94. The second-order valence-electron chi connectivity index (χ2n) is 10.7. The number of rotatable bonds is 2. The molecule has 0 aliphatic heterocycles. The Morgan fingerprint density at radius 3 is 2.12 bits per heavy atom. The Kier molecular flexibility index (Phi) is 7.95. The number of aliphatic hydroxyl groups is 4. The molecule has 3 aliphatic rings. The molecule has 41 heavy (non-hydrogen) atoms. The van der Waals surface area contributed by atoms with Gasteiger partial charge in [0, 0.05) is 31.5 Å². The average Bonchev–Trinajstić information content (AvgIpc) is 2.84. The van der Waals surface area contributed by atoms with E-state index >= 15 is 0 Å². The summed E-state index contributed by atoms with van der Waals surface area (Å²) >= 11 is 0. The van der Waals surface area contributed by atoms with Gasteiger partial charge >= 0.3 is 0 Å². The Morgan fingerprint density at radius 1 is 1.07 bits per heavy atom. The molecule has 0 radical (unpaired) electrons. The second-order valence-corrected chi connectivity index (χ2v) is 10.7. The summed E-state index contributed by atoms with van der Waals surface area (Å²) in [5, 5.41) is 61.6. The minimum Gasteiger partial charge on any atom is -0.508 e. The highest BCUT2D eigenvalue weighted by Crippen LogP contribution is 2.57. The molecule has 4 rings (SSSR count). The number of aliphatic hydroxyl groups excluding tert-OH is 2. The van der Waals surface area contributed by atoms with Gasteiger partial charge < -0.3 is 47.6 Å². The number of guanidine groups is 2. The van der Waals surface area contributed by atoms with E-state index in [1.54, 1.807) is 19.0 Å². The van der Waals surface area contributed by atoms with Crippen molar-refractivity contribution in [3.8, 4) is 5.75 Å². The van der Waals surface area contributed by atoms with E-state index in [1.165, 1.54) is 44.1 Å². The first-order valence-corrected chi connectivity index (χ1v) is 12.4. The van der Waals surface area contributed by atoms with Crippen LogP contribution in [0.4, 0.5) is 0 Å². The van der Waals surface area contributed by atoms with Crippen LogP contribution < -0.4 is 17.2 Å². The molecular weight excluding hydrogens is 538 g/mol. The van der Waals surface area contributed by atoms with E-state index in [4.69, 9.17) is 22.6 Å². The molecule has 1 fully saturated rings. The zero-order chi connectivity index (χ0) is 31.4. The van der Waals surface area contributed by atoms with Gasteiger partial charge in [0.2, 0.25) is 11.7 Å². The third kappa shape index (κ3) is 4.77. The fraction of sp³-hybridized carbons (Fsp3) is 0.423. The second kappa shape index (κ2) is 10.5. The molecular formula is C26H35N7O8. The number of ketones is 2. The first kappa shape index (κ1) is 31.1. The lowest BCUT2D eigenvalue weighted by atomic mass is 9.54. The number of hydrogen-bond acceptors (Lipinski definition) is 10. The molecule has 1 aromatic rings. The van der Waals surface area contributed by atoms with Crippen molar-refractivity contribution in [1.82, 2.24) is 9.80 Å². The summed E-state index contributed by atoms with van der Waals surface area (Å²) in [7, 11) is 6.46. The maximum atomic E-state index is 13.7. The standard InChI is InChI=1S/C22H24N2O8.C4H11N5/c1-21(31)8-5-4-6-11(25)12(8)16(26)13-9(21)7-10-15(24(2)3)17(27)14(20(23)30)19(29)22(10,32)18(13)28;1-9(2)4(7)8-3(5)6/h4-6,9-10,15,25-26,29,31-32H,7H2,1-3H3,(H2,23,30);1-2H3,(H5,5,6,7,8)/t9-,10-,15-,21+,22-;/m0./s1. The van der Waals surface area contributed by atoms with Crippen LogP contribution in [0.5, 0.6) is 5.75 Å². The van der Waals surface area contributed by atoms with E-state index in [1.807, 2.05) is 0 Å². The van der Waals surface area contributed by atoms with E-state index in [9.17, 15) is 39.9 Å². The predicted molar refractivity (Wildman–Crippen MR) is 147 cm³/mol. The van der Waals surface area contributed by atoms with Crippen LogP contribution in [-0.2, 0) is 20.0 Å². The first-order valence-electron chi connectivity index (χ1n) is 12.4. The molecule has 0 unspecified atom stereocenters. The summed E-state index contributed by atoms with van der Waals surface area (Å²) in [6.07, 6.45) is -0.200. The monoisotopic (exact) mass is 573 g/mol. The third-order valence-corrected chi connectivity index (χ3v) is 7.71. The minimum atomic E-state index is -2.75. The van der Waals surface area contributed by atoms with Gasteiger partial charge in [-0.2, -0.15) is 4.99 Å². The smallest absolute Gasteiger partial charge is 0.255 e. The molecule has 15 heteroatoms. The molecule has 12 N–H and O–H groups in total. The molecule has 0 spiro atoms. The number of carbonyl (C=O) groups is 3. The molecule has 0 saturated heterocycles. The van der Waals surface area contributed by atoms with Gasteiger partial charge in [-0.1, -0.05) is 12.1 Å². The summed E-state index contributed by atoms with van der Waals surface area (Å²) < 4.78 is 0. The van der Waals surface area contributed by atoms with Crippen LogP contribution in [-0.4, -0.2) is 105 Å². The number of phenols is 1. The fourth-order valence-electron chi connectivity index (χ4n) is 5.72. The largest absolute Gasteiger partial charge is 0.508 e. The maximum Gasteiger partial charge on any atom is 0.255 e. The molecule has 5 atom stereocenters. The predicted octanol–water partition coefficient (Wildman–Crippen LogP) is -1.61. The van der Waals surface area contributed by atoms with Crippen molar-refractivity contribution in [2.75, 3.05) is 28.2 Å². The van der Waals surface area contributed by atoms with Crippen molar-refractivity contribution >= 4 is 35.2 Å². The number of aromatic hydroxyl groups is 1. The van der Waals surface area contributed by atoms with E-state index in [-0.39, 0.29) is 29.5 Å². The number of carbonyl (C=O) groups excluding carboxylic acids is 3. The highest BCUT2D eigenvalue weighted by atomic mass is 16.3. The lowest BCUT2D eigenvalue weighted by Gasteiger charge is -2.53. The van der Waals surface area contributed by atoms with Crippen LogP contribution in [0, 0.1) is 17.2 Å². The quantitative estimate of drug-likeness (QED) is 0.110. The number of fused-ring (bicyclic) bond motifs is 3. The zero-order valence-corrected chi connectivity index (χ0v) is 23.2. The van der Waals surface area contributed by atoms with Crippen molar-refractivity contribution in [1.29, 1.82) is 5.41 Å². The van der Waals surface area contributed by atoms with Crippen LogP contribution in [0.25, 0.3) is 5.76 Å². The van der Waals surface area contributed by atoms with Crippen LogP contribution in [0.2, 0.25) is 0 Å². The SMILES string of the molecule is CN(C)C(N)=NC(=N)N.CN(C)[C@@H]1C(=O)C(C(N)=O)=C(O)[C@@]2(O)C(=O)C3=C(O)c4c(O)cccc4[C@@](C)(O)[C@H]3C[C@@H]12. The fourth-order valence-corrected chi connectivity index (χ4v) is 5.72. The highest BCUT2D eigenvalue weighted by molar-refractivity contribution is 6.24. The minimum absolute atomic E-state index is 0.170. The number of phenolic OH excluding ortho intramolecular Hbond substituents is 1. The molecule has 0 aromatic heterocycles. The van der Waals surface area contributed by atoms with Crippen LogP contribution in [0.1, 0.15) is 24.5 Å². The highest BCUT2D eigenvalue weighted by Gasteiger charge is 2.66. The summed E-state index contributed by atoms with van der Waals surface area (Å²) in [5.41, 5.74) is 9.64.